The van der Waals surface area contributed by atoms with Crippen LogP contribution in [0.15, 0.2) is 41.3 Å². The van der Waals surface area contributed by atoms with Gasteiger partial charge >= 0.3 is 0 Å². The van der Waals surface area contributed by atoms with Crippen molar-refractivity contribution in [2.75, 3.05) is 12.3 Å². The van der Waals surface area contributed by atoms with Crippen LogP contribution in [0.1, 0.15) is 0 Å². The van der Waals surface area contributed by atoms with Crippen molar-refractivity contribution in [2.24, 2.45) is 0 Å². The van der Waals surface area contributed by atoms with Gasteiger partial charge in [-0.15, -0.1) is 0 Å². The monoisotopic (exact) mass is 298 g/mol. The van der Waals surface area contributed by atoms with Gasteiger partial charge in [0.1, 0.15) is 6.61 Å². The number of hydrogen-bond donors (Lipinski definition) is 1. The van der Waals surface area contributed by atoms with Crippen LogP contribution < -0.4 is 16.0 Å². The summed E-state index contributed by atoms with van der Waals surface area (Å²) in [4.78, 5) is 11.5. The highest BCUT2D eigenvalue weighted by Gasteiger charge is 2.06. The molecule has 100 valence electrons. The Morgan fingerprint density at radius 2 is 1.84 bits per heavy atom. The van der Waals surface area contributed by atoms with Gasteiger partial charge in [0.15, 0.2) is 5.75 Å². The van der Waals surface area contributed by atoms with Crippen molar-refractivity contribution in [3.63, 3.8) is 0 Å². The van der Waals surface area contributed by atoms with E-state index in [1.54, 1.807) is 30.5 Å². The van der Waals surface area contributed by atoms with Gasteiger partial charge < -0.3 is 15.0 Å². The maximum atomic E-state index is 11.5. The normalized spacial score (nSPS) is 10.4. The second-order valence-electron chi connectivity index (χ2n) is 3.89. The molecule has 1 heterocycles. The number of halogens is 2. The van der Waals surface area contributed by atoms with Crippen molar-refractivity contribution < 1.29 is 4.74 Å². The van der Waals surface area contributed by atoms with Crippen molar-refractivity contribution in [2.45, 2.75) is 6.54 Å². The fraction of sp³-hybridized carbons (Fsp3) is 0.154. The molecule has 0 amide bonds. The molecule has 0 atom stereocenters. The summed E-state index contributed by atoms with van der Waals surface area (Å²) in [5, 5.41) is 0.875. The number of nitrogens with zero attached hydrogens (tertiary/aromatic N) is 1. The molecule has 1 aromatic heterocycles. The minimum absolute atomic E-state index is 0.136. The molecule has 0 saturated carbocycles. The third-order valence-electron chi connectivity index (χ3n) is 2.50. The van der Waals surface area contributed by atoms with E-state index in [9.17, 15) is 4.79 Å². The number of para-hydroxylation sites is 1. The first-order valence-electron chi connectivity index (χ1n) is 5.60. The lowest BCUT2D eigenvalue weighted by molar-refractivity contribution is 0.297. The smallest absolute Gasteiger partial charge is 0.250 e. The summed E-state index contributed by atoms with van der Waals surface area (Å²) in [6.45, 7) is 0.637. The van der Waals surface area contributed by atoms with E-state index in [0.717, 1.165) is 0 Å². The van der Waals surface area contributed by atoms with Crippen LogP contribution in [-0.2, 0) is 6.54 Å². The topological polar surface area (TPSA) is 57.2 Å². The van der Waals surface area contributed by atoms with Crippen LogP contribution in [0.3, 0.4) is 0 Å². The summed E-state index contributed by atoms with van der Waals surface area (Å²) in [5.74, 6) is 0.419. The number of pyridine rings is 1. The van der Waals surface area contributed by atoms with Crippen molar-refractivity contribution in [3.8, 4) is 5.75 Å². The first-order valence-corrected chi connectivity index (χ1v) is 6.36. The van der Waals surface area contributed by atoms with Gasteiger partial charge in [-0.05, 0) is 18.2 Å². The van der Waals surface area contributed by atoms with E-state index in [1.807, 2.05) is 0 Å². The molecule has 0 fully saturated rings. The van der Waals surface area contributed by atoms with E-state index in [0.29, 0.717) is 28.0 Å². The van der Waals surface area contributed by atoms with Gasteiger partial charge in [-0.25, -0.2) is 0 Å². The fourth-order valence-corrected chi connectivity index (χ4v) is 2.10. The van der Waals surface area contributed by atoms with Crippen LogP contribution in [0.4, 0.5) is 5.69 Å². The van der Waals surface area contributed by atoms with Crippen LogP contribution in [0.2, 0.25) is 10.0 Å². The van der Waals surface area contributed by atoms with Crippen LogP contribution in [0.25, 0.3) is 0 Å². The Morgan fingerprint density at radius 3 is 2.53 bits per heavy atom. The van der Waals surface area contributed by atoms with E-state index in [-0.39, 0.29) is 12.2 Å². The maximum Gasteiger partial charge on any atom is 0.250 e. The molecule has 0 spiro atoms. The van der Waals surface area contributed by atoms with Crippen molar-refractivity contribution >= 4 is 28.9 Å². The first kappa shape index (κ1) is 13.8. The van der Waals surface area contributed by atoms with Gasteiger partial charge in [0.25, 0.3) is 5.56 Å². The molecule has 2 N–H and O–H groups in total. The molecule has 4 nitrogen and oxygen atoms in total. The second kappa shape index (κ2) is 5.99. The number of nitrogen functional groups attached to an aromatic ring is 1. The molecule has 0 aliphatic carbocycles. The largest absolute Gasteiger partial charge is 0.489 e. The number of aromatic nitrogens is 1. The highest BCUT2D eigenvalue weighted by atomic mass is 35.5. The van der Waals surface area contributed by atoms with Crippen molar-refractivity contribution in [1.29, 1.82) is 0 Å². The Balaban J connectivity index is 2.04. The molecule has 19 heavy (non-hydrogen) atoms. The molecule has 0 radical (unpaired) electrons. The lowest BCUT2D eigenvalue weighted by Gasteiger charge is -2.11. The quantitative estimate of drug-likeness (QED) is 0.944. The predicted molar refractivity (Wildman–Crippen MR) is 77.1 cm³/mol. The zero-order valence-corrected chi connectivity index (χ0v) is 11.5. The molecular weight excluding hydrogens is 287 g/mol. The zero-order chi connectivity index (χ0) is 13.8. The van der Waals surface area contributed by atoms with Crippen LogP contribution in [-0.4, -0.2) is 11.2 Å². The van der Waals surface area contributed by atoms with E-state index in [4.69, 9.17) is 33.7 Å². The van der Waals surface area contributed by atoms with Gasteiger partial charge in [0.2, 0.25) is 0 Å². The summed E-state index contributed by atoms with van der Waals surface area (Å²) >= 11 is 11.9. The summed E-state index contributed by atoms with van der Waals surface area (Å²) < 4.78 is 6.97. The lowest BCUT2D eigenvalue weighted by atomic mass is 10.3. The molecule has 0 unspecified atom stereocenters. The van der Waals surface area contributed by atoms with Gasteiger partial charge in [-0.1, -0.05) is 29.3 Å². The van der Waals surface area contributed by atoms with Gasteiger partial charge in [0.05, 0.1) is 16.6 Å². The van der Waals surface area contributed by atoms with Gasteiger partial charge in [-0.2, -0.15) is 0 Å². The molecule has 0 aliphatic heterocycles. The van der Waals surface area contributed by atoms with Gasteiger partial charge in [0, 0.05) is 18.0 Å². The summed E-state index contributed by atoms with van der Waals surface area (Å²) in [5.41, 5.74) is 6.00. The Labute approximate surface area is 120 Å². The molecular formula is C13H12Cl2N2O2. The van der Waals surface area contributed by atoms with Crippen LogP contribution in [0, 0.1) is 0 Å². The number of hydrogen-bond acceptors (Lipinski definition) is 3. The van der Waals surface area contributed by atoms with Crippen LogP contribution in [0.5, 0.6) is 5.75 Å². The summed E-state index contributed by atoms with van der Waals surface area (Å²) in [6.07, 6.45) is 1.57. The molecule has 0 aliphatic rings. The van der Waals surface area contributed by atoms with Crippen molar-refractivity contribution in [3.05, 3.63) is 56.9 Å². The average Bonchev–Trinajstić information content (AvgIpc) is 2.37. The number of nitrogens with two attached hydrogens (primary N) is 1. The third kappa shape index (κ3) is 3.43. The maximum absolute atomic E-state index is 11.5. The molecule has 0 bridgehead atoms. The number of rotatable bonds is 4. The van der Waals surface area contributed by atoms with Gasteiger partial charge in [-0.3, -0.25) is 4.79 Å². The van der Waals surface area contributed by atoms with E-state index < -0.39 is 0 Å². The highest BCUT2D eigenvalue weighted by Crippen LogP contribution is 2.32. The summed E-state index contributed by atoms with van der Waals surface area (Å²) in [7, 11) is 0. The molecule has 2 rings (SSSR count). The Kier molecular flexibility index (Phi) is 4.35. The second-order valence-corrected chi connectivity index (χ2v) is 4.71. The number of benzene rings is 1. The molecule has 6 heteroatoms. The first-order chi connectivity index (χ1) is 9.08. The Bertz CT molecular complexity index is 621. The van der Waals surface area contributed by atoms with E-state index >= 15 is 0 Å². The third-order valence-corrected chi connectivity index (χ3v) is 3.10. The number of anilines is 1. The number of ether oxygens (including phenoxy) is 1. The molecule has 0 saturated heterocycles. The SMILES string of the molecule is Nc1ccc(=O)n(CCOc2c(Cl)cccc2Cl)c1. The Hall–Kier alpha value is -1.65. The standard InChI is InChI=1S/C13H12Cl2N2O2/c14-10-2-1-3-11(15)13(10)19-7-6-17-8-9(16)4-5-12(17)18/h1-5,8H,6-7,16H2. The predicted octanol–water partition coefficient (Wildman–Crippen LogP) is 2.82. The zero-order valence-electron chi connectivity index (χ0n) is 9.98. The summed E-state index contributed by atoms with van der Waals surface area (Å²) in [6, 6.07) is 8.09. The Morgan fingerprint density at radius 1 is 1.16 bits per heavy atom. The fourth-order valence-electron chi connectivity index (χ4n) is 1.59. The minimum atomic E-state index is -0.136. The molecule has 2 aromatic rings. The molecule has 1 aromatic carbocycles. The van der Waals surface area contributed by atoms with E-state index in [2.05, 4.69) is 0 Å². The van der Waals surface area contributed by atoms with Crippen LogP contribution >= 0.6 is 23.2 Å². The lowest BCUT2D eigenvalue weighted by Crippen LogP contribution is -2.22. The average molecular weight is 299 g/mol. The van der Waals surface area contributed by atoms with E-state index in [1.165, 1.54) is 10.6 Å². The highest BCUT2D eigenvalue weighted by molar-refractivity contribution is 6.37. The van der Waals surface area contributed by atoms with Crippen molar-refractivity contribution in [1.82, 2.24) is 4.57 Å². The minimum Gasteiger partial charge on any atom is -0.489 e.